The molecule has 0 spiro atoms. The van der Waals surface area contributed by atoms with Crippen molar-refractivity contribution in [2.45, 2.75) is 46.5 Å². The molecule has 0 atom stereocenters. The fourth-order valence-corrected chi connectivity index (χ4v) is 2.66. The lowest BCUT2D eigenvalue weighted by molar-refractivity contribution is 0.0597. The molecule has 0 saturated heterocycles. The molecular formula is C16H24O3. The Hall–Kier alpha value is -1.51. The highest BCUT2D eigenvalue weighted by atomic mass is 16.5. The molecule has 3 heteroatoms. The number of carbonyl (C=O) groups is 1. The lowest BCUT2D eigenvalue weighted by Gasteiger charge is -2.33. The Balaban J connectivity index is 3.18. The van der Waals surface area contributed by atoms with E-state index in [1.807, 2.05) is 6.07 Å². The molecule has 106 valence electrons. The van der Waals surface area contributed by atoms with Crippen LogP contribution in [0.5, 0.6) is 5.75 Å². The second kappa shape index (κ2) is 5.24. The maximum atomic E-state index is 11.6. The third-order valence-corrected chi connectivity index (χ3v) is 3.16. The van der Waals surface area contributed by atoms with Gasteiger partial charge in [-0.15, -0.1) is 0 Å². The zero-order valence-electron chi connectivity index (χ0n) is 12.7. The number of benzene rings is 1. The molecule has 0 unspecified atom stereocenters. The molecule has 1 aromatic rings. The van der Waals surface area contributed by atoms with Crippen LogP contribution in [0, 0.1) is 5.41 Å². The quantitative estimate of drug-likeness (QED) is 0.842. The number of hydrogen-bond acceptors (Lipinski definition) is 3. The van der Waals surface area contributed by atoms with Gasteiger partial charge >= 0.3 is 5.97 Å². The van der Waals surface area contributed by atoms with Gasteiger partial charge in [-0.25, -0.2) is 4.79 Å². The molecule has 0 aromatic heterocycles. The molecule has 1 rings (SSSR count). The van der Waals surface area contributed by atoms with Gasteiger partial charge in [0.25, 0.3) is 0 Å². The van der Waals surface area contributed by atoms with E-state index in [1.54, 1.807) is 12.1 Å². The summed E-state index contributed by atoms with van der Waals surface area (Å²) in [5.41, 5.74) is 1.37. The van der Waals surface area contributed by atoms with Crippen LogP contribution in [0.25, 0.3) is 0 Å². The van der Waals surface area contributed by atoms with Gasteiger partial charge in [0, 0.05) is 0 Å². The van der Waals surface area contributed by atoms with E-state index in [0.717, 1.165) is 12.0 Å². The van der Waals surface area contributed by atoms with Gasteiger partial charge in [0.05, 0.1) is 7.11 Å². The molecule has 0 saturated carbocycles. The van der Waals surface area contributed by atoms with Crippen molar-refractivity contribution in [3.05, 3.63) is 29.3 Å². The van der Waals surface area contributed by atoms with Gasteiger partial charge < -0.3 is 9.84 Å². The van der Waals surface area contributed by atoms with Crippen molar-refractivity contribution in [1.29, 1.82) is 0 Å². The minimum atomic E-state index is -0.508. The molecule has 3 nitrogen and oxygen atoms in total. The fraction of sp³-hybridized carbons (Fsp3) is 0.562. The van der Waals surface area contributed by atoms with Crippen LogP contribution in [0.15, 0.2) is 18.2 Å². The summed E-state index contributed by atoms with van der Waals surface area (Å²) in [6.45, 7) is 10.9. The van der Waals surface area contributed by atoms with Gasteiger partial charge in [-0.2, -0.15) is 0 Å². The predicted octanol–water partition coefficient (Wildman–Crippen LogP) is 3.89. The standard InChI is InChI=1S/C16H24O3/c1-15(2,3)10-16(4,5)11-7-8-13(17)12(9-11)14(18)19-6/h7-9,17H,10H2,1-6H3. The van der Waals surface area contributed by atoms with Crippen molar-refractivity contribution in [2.75, 3.05) is 7.11 Å². The maximum Gasteiger partial charge on any atom is 0.341 e. The van der Waals surface area contributed by atoms with E-state index < -0.39 is 5.97 Å². The summed E-state index contributed by atoms with van der Waals surface area (Å²) in [4.78, 5) is 11.6. The highest BCUT2D eigenvalue weighted by Gasteiger charge is 2.28. The summed E-state index contributed by atoms with van der Waals surface area (Å²) in [6, 6.07) is 5.16. The highest BCUT2D eigenvalue weighted by molar-refractivity contribution is 5.92. The number of ether oxygens (including phenoxy) is 1. The number of phenolic OH excluding ortho intramolecular Hbond substituents is 1. The van der Waals surface area contributed by atoms with E-state index in [2.05, 4.69) is 39.4 Å². The molecule has 1 N–H and O–H groups in total. The maximum absolute atomic E-state index is 11.6. The van der Waals surface area contributed by atoms with Crippen molar-refractivity contribution in [3.63, 3.8) is 0 Å². The first-order chi connectivity index (χ1) is 8.57. The van der Waals surface area contributed by atoms with Gasteiger partial charge in [-0.05, 0) is 34.9 Å². The summed E-state index contributed by atoms with van der Waals surface area (Å²) >= 11 is 0. The number of methoxy groups -OCH3 is 1. The van der Waals surface area contributed by atoms with Gasteiger partial charge in [-0.3, -0.25) is 0 Å². The first-order valence-corrected chi connectivity index (χ1v) is 6.49. The van der Waals surface area contributed by atoms with Gasteiger partial charge in [-0.1, -0.05) is 40.7 Å². The first-order valence-electron chi connectivity index (χ1n) is 6.49. The van der Waals surface area contributed by atoms with Crippen molar-refractivity contribution in [2.24, 2.45) is 5.41 Å². The zero-order valence-corrected chi connectivity index (χ0v) is 12.7. The summed E-state index contributed by atoms with van der Waals surface area (Å²) in [5, 5.41) is 9.73. The molecule has 0 radical (unpaired) electrons. The molecular weight excluding hydrogens is 240 g/mol. The van der Waals surface area contributed by atoms with Crippen molar-refractivity contribution >= 4 is 5.97 Å². The summed E-state index contributed by atoms with van der Waals surface area (Å²) in [6.07, 6.45) is 0.978. The molecule has 0 aliphatic rings. The van der Waals surface area contributed by atoms with Crippen molar-refractivity contribution in [1.82, 2.24) is 0 Å². The van der Waals surface area contributed by atoms with Crippen LogP contribution in [0.4, 0.5) is 0 Å². The minimum Gasteiger partial charge on any atom is -0.507 e. The number of carbonyl (C=O) groups excluding carboxylic acids is 1. The normalized spacial score (nSPS) is 12.3. The Morgan fingerprint density at radius 2 is 1.79 bits per heavy atom. The van der Waals surface area contributed by atoms with Crippen molar-refractivity contribution in [3.8, 4) is 5.75 Å². The monoisotopic (exact) mass is 264 g/mol. The first kappa shape index (κ1) is 15.5. The second-order valence-corrected chi connectivity index (χ2v) is 6.84. The Morgan fingerprint density at radius 3 is 2.26 bits per heavy atom. The van der Waals surface area contributed by atoms with E-state index in [4.69, 9.17) is 0 Å². The van der Waals surface area contributed by atoms with Crippen LogP contribution in [-0.4, -0.2) is 18.2 Å². The van der Waals surface area contributed by atoms with E-state index in [-0.39, 0.29) is 22.1 Å². The smallest absolute Gasteiger partial charge is 0.341 e. The van der Waals surface area contributed by atoms with E-state index in [0.29, 0.717) is 0 Å². The number of esters is 1. The lowest BCUT2D eigenvalue weighted by atomic mass is 9.72. The van der Waals surface area contributed by atoms with Crippen LogP contribution in [-0.2, 0) is 10.2 Å². The van der Waals surface area contributed by atoms with Gasteiger partial charge in [0.15, 0.2) is 0 Å². The predicted molar refractivity (Wildman–Crippen MR) is 76.5 cm³/mol. The Bertz CT molecular complexity index is 467. The average molecular weight is 264 g/mol. The van der Waals surface area contributed by atoms with Gasteiger partial charge in [0.1, 0.15) is 11.3 Å². The fourth-order valence-electron chi connectivity index (χ4n) is 2.66. The molecule has 0 aliphatic heterocycles. The van der Waals surface area contributed by atoms with Crippen LogP contribution >= 0.6 is 0 Å². The zero-order chi connectivity index (χ0) is 14.8. The summed E-state index contributed by atoms with van der Waals surface area (Å²) < 4.78 is 4.69. The third-order valence-electron chi connectivity index (χ3n) is 3.16. The van der Waals surface area contributed by atoms with Crippen LogP contribution in [0.3, 0.4) is 0 Å². The largest absolute Gasteiger partial charge is 0.507 e. The van der Waals surface area contributed by atoms with Crippen LogP contribution in [0.1, 0.15) is 57.0 Å². The Kier molecular flexibility index (Phi) is 4.28. The minimum absolute atomic E-state index is 0.0397. The van der Waals surface area contributed by atoms with Crippen LogP contribution in [0.2, 0.25) is 0 Å². The van der Waals surface area contributed by atoms with Crippen LogP contribution < -0.4 is 0 Å². The Morgan fingerprint density at radius 1 is 1.21 bits per heavy atom. The topological polar surface area (TPSA) is 46.5 Å². The lowest BCUT2D eigenvalue weighted by Crippen LogP contribution is -2.25. The SMILES string of the molecule is COC(=O)c1cc(C(C)(C)CC(C)(C)C)ccc1O. The molecule has 0 fully saturated rings. The number of aromatic hydroxyl groups is 1. The third kappa shape index (κ3) is 3.98. The number of hydrogen-bond donors (Lipinski definition) is 1. The molecule has 0 bridgehead atoms. The second-order valence-electron chi connectivity index (χ2n) is 6.84. The Labute approximate surface area is 115 Å². The number of rotatable bonds is 3. The summed E-state index contributed by atoms with van der Waals surface area (Å²) in [5.74, 6) is -0.548. The molecule has 0 amide bonds. The average Bonchev–Trinajstić information content (AvgIpc) is 2.25. The number of phenols is 1. The van der Waals surface area contributed by atoms with E-state index in [1.165, 1.54) is 7.11 Å². The molecule has 0 heterocycles. The van der Waals surface area contributed by atoms with E-state index >= 15 is 0 Å². The summed E-state index contributed by atoms with van der Waals surface area (Å²) in [7, 11) is 1.31. The van der Waals surface area contributed by atoms with E-state index in [9.17, 15) is 9.90 Å². The molecule has 1 aromatic carbocycles. The molecule has 19 heavy (non-hydrogen) atoms. The highest BCUT2D eigenvalue weighted by Crippen LogP contribution is 2.37. The van der Waals surface area contributed by atoms with Crippen molar-refractivity contribution < 1.29 is 14.6 Å². The molecule has 0 aliphatic carbocycles. The van der Waals surface area contributed by atoms with Gasteiger partial charge in [0.2, 0.25) is 0 Å².